The van der Waals surface area contributed by atoms with E-state index in [0.717, 1.165) is 18.7 Å². The Labute approximate surface area is 106 Å². The van der Waals surface area contributed by atoms with Gasteiger partial charge in [-0.1, -0.05) is 31.9 Å². The molecule has 0 unspecified atom stereocenters. The fourth-order valence-electron chi connectivity index (χ4n) is 2.28. The predicted molar refractivity (Wildman–Crippen MR) is 75.3 cm³/mol. The van der Waals surface area contributed by atoms with Crippen LogP contribution in [0.15, 0.2) is 18.2 Å². The lowest BCUT2D eigenvalue weighted by Crippen LogP contribution is -2.27. The Morgan fingerprint density at radius 2 is 1.88 bits per heavy atom. The van der Waals surface area contributed by atoms with Crippen molar-refractivity contribution in [2.24, 2.45) is 0 Å². The van der Waals surface area contributed by atoms with Crippen molar-refractivity contribution >= 4 is 0 Å². The summed E-state index contributed by atoms with van der Waals surface area (Å²) in [5, 5.41) is 3.38. The van der Waals surface area contributed by atoms with Gasteiger partial charge in [0, 0.05) is 5.56 Å². The summed E-state index contributed by atoms with van der Waals surface area (Å²) in [7, 11) is 0. The van der Waals surface area contributed by atoms with Crippen LogP contribution in [-0.2, 0) is 0 Å². The Morgan fingerprint density at radius 3 is 2.47 bits per heavy atom. The summed E-state index contributed by atoms with van der Waals surface area (Å²) < 4.78 is 0. The van der Waals surface area contributed by atoms with Gasteiger partial charge in [0.15, 0.2) is 0 Å². The summed E-state index contributed by atoms with van der Waals surface area (Å²) in [5.41, 5.74) is 3.70. The number of terminal acetylenes is 1. The van der Waals surface area contributed by atoms with Crippen molar-refractivity contribution in [3.8, 4) is 12.3 Å². The number of hydrogen-bond acceptors (Lipinski definition) is 1. The Morgan fingerprint density at radius 1 is 1.24 bits per heavy atom. The molecule has 0 saturated carbocycles. The molecule has 0 radical (unpaired) electrons. The lowest BCUT2D eigenvalue weighted by atomic mass is 9.86. The van der Waals surface area contributed by atoms with Crippen LogP contribution < -0.4 is 5.32 Å². The molecule has 1 aromatic carbocycles. The first-order valence-electron chi connectivity index (χ1n) is 6.59. The van der Waals surface area contributed by atoms with Gasteiger partial charge in [0.05, 0.1) is 0 Å². The summed E-state index contributed by atoms with van der Waals surface area (Å²) in [4.78, 5) is 0. The van der Waals surface area contributed by atoms with Gasteiger partial charge in [0.1, 0.15) is 0 Å². The molecule has 1 aromatic rings. The second-order valence-electron chi connectivity index (χ2n) is 4.26. The fourth-order valence-corrected chi connectivity index (χ4v) is 2.28. The van der Waals surface area contributed by atoms with Crippen LogP contribution in [0.25, 0.3) is 0 Å². The average Bonchev–Trinajstić information content (AvgIpc) is 2.42. The maximum Gasteiger partial charge on any atom is 0.0280 e. The van der Waals surface area contributed by atoms with Gasteiger partial charge in [0.2, 0.25) is 0 Å². The number of aryl methyl sites for hydroxylation is 1. The Kier molecular flexibility index (Phi) is 5.80. The van der Waals surface area contributed by atoms with Gasteiger partial charge in [-0.25, -0.2) is 0 Å². The molecule has 0 atom stereocenters. The van der Waals surface area contributed by atoms with E-state index in [2.05, 4.69) is 36.4 Å². The molecule has 0 aliphatic carbocycles. The van der Waals surface area contributed by atoms with E-state index in [0.29, 0.717) is 5.92 Å². The van der Waals surface area contributed by atoms with Crippen LogP contribution in [-0.4, -0.2) is 13.1 Å². The first-order valence-corrected chi connectivity index (χ1v) is 6.59. The fraction of sp³-hybridized carbons (Fsp3) is 0.500. The molecule has 0 amide bonds. The lowest BCUT2D eigenvalue weighted by Gasteiger charge is -2.24. The summed E-state index contributed by atoms with van der Waals surface area (Å²) in [6.07, 6.45) is 7.97. The van der Waals surface area contributed by atoms with Crippen LogP contribution >= 0.6 is 0 Å². The first kappa shape index (κ1) is 13.8. The zero-order chi connectivity index (χ0) is 12.7. The number of benzene rings is 1. The molecule has 1 fully saturated rings. The van der Waals surface area contributed by atoms with E-state index in [1.807, 2.05) is 13.8 Å². The van der Waals surface area contributed by atoms with Crippen LogP contribution in [0.3, 0.4) is 0 Å². The minimum Gasteiger partial charge on any atom is -0.317 e. The number of rotatable bonds is 1. The molecule has 17 heavy (non-hydrogen) atoms. The van der Waals surface area contributed by atoms with E-state index in [1.165, 1.54) is 24.0 Å². The molecule has 1 N–H and O–H groups in total. The Hall–Kier alpha value is -1.26. The van der Waals surface area contributed by atoms with Crippen molar-refractivity contribution in [1.82, 2.24) is 5.32 Å². The summed E-state index contributed by atoms with van der Waals surface area (Å²) in [6.45, 7) is 8.32. The minimum atomic E-state index is 0.651. The van der Waals surface area contributed by atoms with E-state index in [4.69, 9.17) is 6.42 Å². The summed E-state index contributed by atoms with van der Waals surface area (Å²) in [5.74, 6) is 3.46. The molecule has 2 rings (SSSR count). The highest BCUT2D eigenvalue weighted by molar-refractivity contribution is 5.44. The third-order valence-corrected chi connectivity index (χ3v) is 3.14. The van der Waals surface area contributed by atoms with Crippen LogP contribution in [0.1, 0.15) is 49.3 Å². The van der Waals surface area contributed by atoms with Gasteiger partial charge in [-0.05, 0) is 56.0 Å². The van der Waals surface area contributed by atoms with Crippen molar-refractivity contribution in [3.63, 3.8) is 0 Å². The predicted octanol–water partition coefficient (Wildman–Crippen LogP) is 3.47. The highest BCUT2D eigenvalue weighted by Crippen LogP contribution is 2.28. The quantitative estimate of drug-likeness (QED) is 0.727. The molecule has 0 aromatic heterocycles. The van der Waals surface area contributed by atoms with Gasteiger partial charge in [-0.2, -0.15) is 0 Å². The average molecular weight is 229 g/mol. The maximum atomic E-state index is 5.56. The lowest BCUT2D eigenvalue weighted by molar-refractivity contribution is 0.460. The highest BCUT2D eigenvalue weighted by Gasteiger charge is 2.17. The molecular weight excluding hydrogens is 206 g/mol. The molecular formula is C16H23N. The second kappa shape index (κ2) is 7.14. The monoisotopic (exact) mass is 229 g/mol. The molecule has 1 aliphatic heterocycles. The van der Waals surface area contributed by atoms with E-state index >= 15 is 0 Å². The van der Waals surface area contributed by atoms with E-state index < -0.39 is 0 Å². The molecule has 0 bridgehead atoms. The molecule has 1 saturated heterocycles. The number of piperidine rings is 1. The molecule has 1 nitrogen and oxygen atoms in total. The zero-order valence-electron chi connectivity index (χ0n) is 11.2. The standard InChI is InChI=1S/C14H17N.C2H6/c1-3-12-10-11(2)4-5-14(12)13-6-8-15-9-7-13;1-2/h1,4-5,10,13,15H,6-9H2,2H3;1-2H3. The minimum absolute atomic E-state index is 0.651. The van der Waals surface area contributed by atoms with Crippen LogP contribution in [0, 0.1) is 19.3 Å². The van der Waals surface area contributed by atoms with Gasteiger partial charge in [-0.3, -0.25) is 0 Å². The summed E-state index contributed by atoms with van der Waals surface area (Å²) >= 11 is 0. The normalized spacial score (nSPS) is 15.6. The Bertz CT molecular complexity index is 381. The van der Waals surface area contributed by atoms with Crippen LogP contribution in [0.4, 0.5) is 0 Å². The first-order chi connectivity index (χ1) is 8.31. The third kappa shape index (κ3) is 3.61. The van der Waals surface area contributed by atoms with E-state index in [9.17, 15) is 0 Å². The van der Waals surface area contributed by atoms with Crippen LogP contribution in [0.5, 0.6) is 0 Å². The molecule has 0 spiro atoms. The topological polar surface area (TPSA) is 12.0 Å². The molecule has 1 aliphatic rings. The highest BCUT2D eigenvalue weighted by atomic mass is 14.9. The molecule has 1 heterocycles. The second-order valence-corrected chi connectivity index (χ2v) is 4.26. The molecule has 92 valence electrons. The van der Waals surface area contributed by atoms with Crippen molar-refractivity contribution in [2.45, 2.75) is 39.5 Å². The summed E-state index contributed by atoms with van der Waals surface area (Å²) in [6, 6.07) is 6.50. The Balaban J connectivity index is 0.000000686. The number of hydrogen-bond donors (Lipinski definition) is 1. The van der Waals surface area contributed by atoms with Gasteiger partial charge in [0.25, 0.3) is 0 Å². The largest absolute Gasteiger partial charge is 0.317 e. The van der Waals surface area contributed by atoms with Gasteiger partial charge >= 0.3 is 0 Å². The number of nitrogens with one attached hydrogen (secondary N) is 1. The van der Waals surface area contributed by atoms with Gasteiger partial charge in [-0.15, -0.1) is 6.42 Å². The SMILES string of the molecule is C#Cc1cc(C)ccc1C1CCNCC1.CC. The smallest absolute Gasteiger partial charge is 0.0280 e. The zero-order valence-corrected chi connectivity index (χ0v) is 11.2. The van der Waals surface area contributed by atoms with Crippen molar-refractivity contribution in [2.75, 3.05) is 13.1 Å². The molecule has 1 heteroatoms. The van der Waals surface area contributed by atoms with Crippen molar-refractivity contribution < 1.29 is 0 Å². The van der Waals surface area contributed by atoms with E-state index in [-0.39, 0.29) is 0 Å². The van der Waals surface area contributed by atoms with Crippen molar-refractivity contribution in [1.29, 1.82) is 0 Å². The van der Waals surface area contributed by atoms with Crippen molar-refractivity contribution in [3.05, 3.63) is 34.9 Å². The maximum absolute atomic E-state index is 5.56. The van der Waals surface area contributed by atoms with E-state index in [1.54, 1.807) is 0 Å². The van der Waals surface area contributed by atoms with Gasteiger partial charge < -0.3 is 5.32 Å². The third-order valence-electron chi connectivity index (χ3n) is 3.14. The van der Waals surface area contributed by atoms with Crippen LogP contribution in [0.2, 0.25) is 0 Å².